The van der Waals surface area contributed by atoms with E-state index in [9.17, 15) is 14.9 Å². The molecule has 7 nitrogen and oxygen atoms in total. The predicted molar refractivity (Wildman–Crippen MR) is 89.8 cm³/mol. The molecule has 0 radical (unpaired) electrons. The van der Waals surface area contributed by atoms with Crippen molar-refractivity contribution >= 4 is 46.4 Å². The monoisotopic (exact) mass is 343 g/mol. The minimum Gasteiger partial charge on any atom is -0.423 e. The summed E-state index contributed by atoms with van der Waals surface area (Å²) in [6, 6.07) is 10.8. The highest BCUT2D eigenvalue weighted by atomic mass is 35.5. The summed E-state index contributed by atoms with van der Waals surface area (Å²) in [7, 11) is 0. The Labute approximate surface area is 140 Å². The number of nitro groups is 1. The molecule has 0 aliphatic rings. The Kier molecular flexibility index (Phi) is 4.26. The van der Waals surface area contributed by atoms with Crippen molar-refractivity contribution in [2.24, 2.45) is 0 Å². The Hall–Kier alpha value is -3.19. The maximum absolute atomic E-state index is 11.9. The molecule has 24 heavy (non-hydrogen) atoms. The van der Waals surface area contributed by atoms with Gasteiger partial charge in [-0.1, -0.05) is 11.6 Å². The van der Waals surface area contributed by atoms with Gasteiger partial charge in [0, 0.05) is 23.2 Å². The Balaban J connectivity index is 1.68. The van der Waals surface area contributed by atoms with Crippen LogP contribution >= 0.6 is 11.6 Å². The summed E-state index contributed by atoms with van der Waals surface area (Å²) in [6.45, 7) is 0. The van der Waals surface area contributed by atoms with Crippen molar-refractivity contribution in [2.75, 3.05) is 5.32 Å². The summed E-state index contributed by atoms with van der Waals surface area (Å²) in [5.41, 5.74) is 1.69. The van der Waals surface area contributed by atoms with Gasteiger partial charge in [0.05, 0.1) is 4.92 Å². The van der Waals surface area contributed by atoms with Crippen LogP contribution in [0.25, 0.3) is 17.2 Å². The molecule has 120 valence electrons. The van der Waals surface area contributed by atoms with E-state index in [0.29, 0.717) is 21.7 Å². The van der Waals surface area contributed by atoms with Crippen molar-refractivity contribution in [1.82, 2.24) is 4.98 Å². The number of hydrogen-bond donors (Lipinski definition) is 1. The van der Waals surface area contributed by atoms with Gasteiger partial charge in [-0.2, -0.15) is 4.98 Å². The third-order valence-electron chi connectivity index (χ3n) is 3.11. The normalized spacial score (nSPS) is 11.0. The first-order chi connectivity index (χ1) is 11.5. The molecule has 0 atom stereocenters. The fraction of sp³-hybridized carbons (Fsp3) is 0. The van der Waals surface area contributed by atoms with E-state index in [4.69, 9.17) is 16.0 Å². The van der Waals surface area contributed by atoms with Gasteiger partial charge in [0.1, 0.15) is 5.52 Å². The number of fused-ring (bicyclic) bond motifs is 1. The lowest BCUT2D eigenvalue weighted by atomic mass is 10.2. The Morgan fingerprint density at radius 2 is 2.00 bits per heavy atom. The number of amides is 1. The first-order valence-electron chi connectivity index (χ1n) is 6.81. The van der Waals surface area contributed by atoms with Gasteiger partial charge in [-0.15, -0.1) is 0 Å². The van der Waals surface area contributed by atoms with Crippen molar-refractivity contribution < 1.29 is 14.1 Å². The van der Waals surface area contributed by atoms with Crippen LogP contribution in [0.4, 0.5) is 11.7 Å². The van der Waals surface area contributed by atoms with Gasteiger partial charge in [0.15, 0.2) is 5.58 Å². The van der Waals surface area contributed by atoms with Gasteiger partial charge in [-0.05, 0) is 42.0 Å². The van der Waals surface area contributed by atoms with Crippen LogP contribution in [0.5, 0.6) is 0 Å². The maximum Gasteiger partial charge on any atom is 0.302 e. The quantitative estimate of drug-likeness (QED) is 0.438. The highest BCUT2D eigenvalue weighted by Crippen LogP contribution is 2.22. The molecule has 3 rings (SSSR count). The van der Waals surface area contributed by atoms with E-state index in [-0.39, 0.29) is 11.7 Å². The topological polar surface area (TPSA) is 98.3 Å². The average molecular weight is 344 g/mol. The van der Waals surface area contributed by atoms with Gasteiger partial charge in [-0.25, -0.2) is 0 Å². The average Bonchev–Trinajstić information content (AvgIpc) is 2.94. The van der Waals surface area contributed by atoms with E-state index in [1.54, 1.807) is 30.3 Å². The lowest BCUT2D eigenvalue weighted by Gasteiger charge is -1.95. The molecule has 0 saturated carbocycles. The Morgan fingerprint density at radius 3 is 2.71 bits per heavy atom. The van der Waals surface area contributed by atoms with Crippen LogP contribution in [-0.2, 0) is 4.79 Å². The molecule has 8 heteroatoms. The third kappa shape index (κ3) is 3.58. The molecule has 2 aromatic carbocycles. The van der Waals surface area contributed by atoms with Crippen molar-refractivity contribution in [2.45, 2.75) is 0 Å². The number of aromatic nitrogens is 1. The highest BCUT2D eigenvalue weighted by molar-refractivity contribution is 6.31. The van der Waals surface area contributed by atoms with Gasteiger partial charge in [0.2, 0.25) is 0 Å². The SMILES string of the molecule is O=C(/C=C\c1ccc([N+](=O)[O-])cc1)Nc1nc2cc(Cl)ccc2o1. The zero-order valence-electron chi connectivity index (χ0n) is 12.1. The number of benzene rings is 2. The number of halogens is 1. The van der Waals surface area contributed by atoms with E-state index < -0.39 is 10.8 Å². The first-order valence-corrected chi connectivity index (χ1v) is 7.19. The fourth-order valence-electron chi connectivity index (χ4n) is 1.98. The zero-order chi connectivity index (χ0) is 17.1. The number of oxazole rings is 1. The summed E-state index contributed by atoms with van der Waals surface area (Å²) >= 11 is 5.86. The lowest BCUT2D eigenvalue weighted by Crippen LogP contribution is -2.07. The smallest absolute Gasteiger partial charge is 0.302 e. The zero-order valence-corrected chi connectivity index (χ0v) is 12.9. The van der Waals surface area contributed by atoms with Crippen LogP contribution < -0.4 is 5.32 Å². The molecule has 0 aliphatic carbocycles. The highest BCUT2D eigenvalue weighted by Gasteiger charge is 2.08. The van der Waals surface area contributed by atoms with Crippen molar-refractivity contribution in [3.63, 3.8) is 0 Å². The van der Waals surface area contributed by atoms with Crippen LogP contribution in [0.1, 0.15) is 5.56 Å². The molecular formula is C16H10ClN3O4. The minimum atomic E-state index is -0.486. The van der Waals surface area contributed by atoms with Gasteiger partial charge < -0.3 is 4.42 Å². The summed E-state index contributed by atoms with van der Waals surface area (Å²) in [5, 5.41) is 13.6. The van der Waals surface area contributed by atoms with Gasteiger partial charge in [-0.3, -0.25) is 20.2 Å². The molecule has 1 heterocycles. The number of nitrogens with zero attached hydrogens (tertiary/aromatic N) is 2. The van der Waals surface area contributed by atoms with Crippen LogP contribution in [0.15, 0.2) is 53.0 Å². The van der Waals surface area contributed by atoms with E-state index in [0.717, 1.165) is 0 Å². The molecule has 3 aromatic rings. The fourth-order valence-corrected chi connectivity index (χ4v) is 2.15. The third-order valence-corrected chi connectivity index (χ3v) is 3.35. The summed E-state index contributed by atoms with van der Waals surface area (Å²) in [5.74, 6) is -0.439. The molecule has 0 spiro atoms. The summed E-state index contributed by atoms with van der Waals surface area (Å²) in [6.07, 6.45) is 2.81. The van der Waals surface area contributed by atoms with E-state index in [1.807, 2.05) is 0 Å². The van der Waals surface area contributed by atoms with Crippen molar-refractivity contribution in [3.05, 3.63) is 69.2 Å². The molecule has 0 unspecified atom stereocenters. The van der Waals surface area contributed by atoms with Crippen LogP contribution in [0, 0.1) is 10.1 Å². The summed E-state index contributed by atoms with van der Waals surface area (Å²) in [4.78, 5) is 26.1. The van der Waals surface area contributed by atoms with Crippen molar-refractivity contribution in [1.29, 1.82) is 0 Å². The number of non-ortho nitro benzene ring substituents is 1. The van der Waals surface area contributed by atoms with Gasteiger partial charge in [0.25, 0.3) is 11.6 Å². The van der Waals surface area contributed by atoms with Crippen LogP contribution in [0.2, 0.25) is 5.02 Å². The second kappa shape index (κ2) is 6.51. The number of nitro benzene ring substituents is 1. The number of rotatable bonds is 4. The first kappa shape index (κ1) is 15.7. The van der Waals surface area contributed by atoms with Crippen molar-refractivity contribution in [3.8, 4) is 0 Å². The number of carbonyl (C=O) groups is 1. The number of carbonyl (C=O) groups excluding carboxylic acids is 1. The largest absolute Gasteiger partial charge is 0.423 e. The van der Waals surface area contributed by atoms with E-state index >= 15 is 0 Å². The lowest BCUT2D eigenvalue weighted by molar-refractivity contribution is -0.384. The number of nitrogens with one attached hydrogen (secondary N) is 1. The van der Waals surface area contributed by atoms with E-state index in [1.165, 1.54) is 24.3 Å². The molecule has 1 N–H and O–H groups in total. The molecular weight excluding hydrogens is 334 g/mol. The number of hydrogen-bond acceptors (Lipinski definition) is 5. The molecule has 0 aliphatic heterocycles. The van der Waals surface area contributed by atoms with Gasteiger partial charge >= 0.3 is 6.01 Å². The van der Waals surface area contributed by atoms with E-state index in [2.05, 4.69) is 10.3 Å². The second-order valence-corrected chi connectivity index (χ2v) is 5.24. The molecule has 1 aromatic heterocycles. The summed E-state index contributed by atoms with van der Waals surface area (Å²) < 4.78 is 5.38. The minimum absolute atomic E-state index is 0.0123. The predicted octanol–water partition coefficient (Wildman–Crippen LogP) is 4.04. The standard InChI is InChI=1S/C16H10ClN3O4/c17-11-4-7-14-13(9-11)18-16(24-14)19-15(21)8-3-10-1-5-12(6-2-10)20(22)23/h1-9H,(H,18,19,21)/b8-3-. The maximum atomic E-state index is 11.9. The van der Waals surface area contributed by atoms with Crippen LogP contribution in [0.3, 0.4) is 0 Å². The van der Waals surface area contributed by atoms with Crippen LogP contribution in [-0.4, -0.2) is 15.8 Å². The number of anilines is 1. The Bertz CT molecular complexity index is 948. The molecule has 0 fully saturated rings. The Morgan fingerprint density at radius 1 is 1.25 bits per heavy atom. The molecule has 1 amide bonds. The molecule has 0 saturated heterocycles. The molecule has 0 bridgehead atoms. The second-order valence-electron chi connectivity index (χ2n) is 4.80.